The second-order valence-electron chi connectivity index (χ2n) is 9.19. The number of pyridine rings is 1. The molecule has 2 nitrogen and oxygen atoms in total. The second kappa shape index (κ2) is 10.2. The van der Waals surface area contributed by atoms with Crippen molar-refractivity contribution in [2.75, 3.05) is 17.7 Å². The zero-order chi connectivity index (χ0) is 22.6. The first-order chi connectivity index (χ1) is 14.6. The Morgan fingerprint density at radius 2 is 1.81 bits per heavy atom. The number of aromatic nitrogens is 1. The zero-order valence-electron chi connectivity index (χ0n) is 19.0. The maximum absolute atomic E-state index is 14.2. The highest BCUT2D eigenvalue weighted by atomic mass is 79.9. The van der Waals surface area contributed by atoms with Crippen molar-refractivity contribution in [1.82, 2.24) is 4.98 Å². The average molecular weight is 521 g/mol. The Morgan fingerprint density at radius 3 is 2.45 bits per heavy atom. The van der Waals surface area contributed by atoms with E-state index in [4.69, 9.17) is 9.41 Å². The lowest BCUT2D eigenvalue weighted by Gasteiger charge is -2.36. The van der Waals surface area contributed by atoms with Gasteiger partial charge in [-0.15, -0.1) is 11.8 Å². The minimum Gasteiger partial charge on any atom is -0.416 e. The molecule has 0 spiro atoms. The first kappa shape index (κ1) is 24.4. The third-order valence-electron chi connectivity index (χ3n) is 5.97. The third-order valence-corrected chi connectivity index (χ3v) is 12.0. The standard InChI is InChI=1S/C25H31BrFNOSSi/c1-25(2,3)31(4,5)29-15-16-30-24-20-17-19(27)11-12-21(20)28-22(13-14-26)23(24)18-9-7-6-8-10-18/h6-12,17H,13-16H2,1-5H3. The van der Waals surface area contributed by atoms with E-state index in [1.807, 2.05) is 18.2 Å². The Balaban J connectivity index is 2.02. The van der Waals surface area contributed by atoms with E-state index in [0.717, 1.165) is 50.1 Å². The van der Waals surface area contributed by atoms with Crippen molar-refractivity contribution < 1.29 is 8.82 Å². The van der Waals surface area contributed by atoms with Crippen LogP contribution in [-0.2, 0) is 10.8 Å². The van der Waals surface area contributed by atoms with Gasteiger partial charge in [-0.1, -0.05) is 67.0 Å². The lowest BCUT2D eigenvalue weighted by molar-refractivity contribution is 0.311. The fourth-order valence-corrected chi connectivity index (χ4v) is 5.87. The molecule has 0 aliphatic heterocycles. The van der Waals surface area contributed by atoms with Crippen LogP contribution in [0.2, 0.25) is 18.1 Å². The van der Waals surface area contributed by atoms with E-state index in [1.165, 1.54) is 6.07 Å². The summed E-state index contributed by atoms with van der Waals surface area (Å²) < 4.78 is 20.6. The monoisotopic (exact) mass is 519 g/mol. The third kappa shape index (κ3) is 5.78. The molecule has 0 fully saturated rings. The van der Waals surface area contributed by atoms with Crippen LogP contribution in [0.15, 0.2) is 53.4 Å². The predicted molar refractivity (Wildman–Crippen MR) is 139 cm³/mol. The van der Waals surface area contributed by atoms with Gasteiger partial charge in [0, 0.05) is 40.0 Å². The van der Waals surface area contributed by atoms with Crippen LogP contribution in [-0.4, -0.2) is 31.0 Å². The summed E-state index contributed by atoms with van der Waals surface area (Å²) in [7, 11) is -1.80. The Labute approximate surface area is 199 Å². The molecule has 0 bridgehead atoms. The van der Waals surface area contributed by atoms with Crippen LogP contribution in [0.5, 0.6) is 0 Å². The first-order valence-corrected chi connectivity index (χ1v) is 15.7. The molecular weight excluding hydrogens is 489 g/mol. The molecular formula is C25H31BrFNOSSi. The summed E-state index contributed by atoms with van der Waals surface area (Å²) in [5.41, 5.74) is 4.10. The van der Waals surface area contributed by atoms with Crippen LogP contribution in [0.4, 0.5) is 4.39 Å². The molecule has 166 valence electrons. The quantitative estimate of drug-likeness (QED) is 0.130. The molecule has 2 aromatic carbocycles. The van der Waals surface area contributed by atoms with E-state index < -0.39 is 8.32 Å². The number of aryl methyl sites for hydroxylation is 1. The molecule has 0 radical (unpaired) electrons. The van der Waals surface area contributed by atoms with E-state index in [2.05, 4.69) is 61.9 Å². The molecule has 0 amide bonds. The Kier molecular flexibility index (Phi) is 8.00. The highest BCUT2D eigenvalue weighted by Crippen LogP contribution is 2.40. The SMILES string of the molecule is CC(C)(C)[Si](C)(C)OCCSc1c(-c2ccccc2)c(CCBr)nc2ccc(F)cc12. The summed E-state index contributed by atoms with van der Waals surface area (Å²) in [6.07, 6.45) is 0.811. The molecule has 6 heteroatoms. The van der Waals surface area contributed by atoms with Crippen LogP contribution >= 0.6 is 27.7 Å². The number of nitrogens with zero attached hydrogens (tertiary/aromatic N) is 1. The van der Waals surface area contributed by atoms with Gasteiger partial charge in [-0.05, 0) is 41.9 Å². The van der Waals surface area contributed by atoms with Crippen molar-refractivity contribution in [3.8, 4) is 11.1 Å². The maximum atomic E-state index is 14.2. The van der Waals surface area contributed by atoms with Crippen molar-refractivity contribution in [2.45, 2.75) is 50.2 Å². The summed E-state index contributed by atoms with van der Waals surface area (Å²) >= 11 is 5.32. The fraction of sp³-hybridized carbons (Fsp3) is 0.400. The second-order valence-corrected chi connectivity index (χ2v) is 15.9. The highest BCUT2D eigenvalue weighted by molar-refractivity contribution is 9.09. The largest absolute Gasteiger partial charge is 0.416 e. The number of fused-ring (bicyclic) bond motifs is 1. The molecule has 0 saturated heterocycles. The molecule has 0 aliphatic rings. The Hall–Kier alpha value is -1.21. The van der Waals surface area contributed by atoms with Crippen LogP contribution < -0.4 is 0 Å². The van der Waals surface area contributed by atoms with Crippen molar-refractivity contribution in [1.29, 1.82) is 0 Å². The van der Waals surface area contributed by atoms with E-state index in [9.17, 15) is 4.39 Å². The van der Waals surface area contributed by atoms with E-state index in [1.54, 1.807) is 23.9 Å². The van der Waals surface area contributed by atoms with E-state index >= 15 is 0 Å². The van der Waals surface area contributed by atoms with Gasteiger partial charge in [-0.25, -0.2) is 4.39 Å². The minimum absolute atomic E-state index is 0.183. The number of thioether (sulfide) groups is 1. The molecule has 0 atom stereocenters. The van der Waals surface area contributed by atoms with Gasteiger partial charge in [-0.3, -0.25) is 4.98 Å². The van der Waals surface area contributed by atoms with Gasteiger partial charge < -0.3 is 4.43 Å². The van der Waals surface area contributed by atoms with Gasteiger partial charge in [0.2, 0.25) is 0 Å². The lowest BCUT2D eigenvalue weighted by Crippen LogP contribution is -2.41. The van der Waals surface area contributed by atoms with Crippen molar-refractivity contribution in [3.05, 3.63) is 60.0 Å². The minimum atomic E-state index is -1.80. The number of halogens is 2. The van der Waals surface area contributed by atoms with Gasteiger partial charge in [0.05, 0.1) is 11.2 Å². The van der Waals surface area contributed by atoms with Crippen molar-refractivity contribution in [3.63, 3.8) is 0 Å². The van der Waals surface area contributed by atoms with Crippen LogP contribution in [0.3, 0.4) is 0 Å². The Morgan fingerprint density at radius 1 is 1.10 bits per heavy atom. The summed E-state index contributed by atoms with van der Waals surface area (Å²) in [4.78, 5) is 6.00. The number of hydrogen-bond acceptors (Lipinski definition) is 3. The van der Waals surface area contributed by atoms with Gasteiger partial charge in [0.15, 0.2) is 8.32 Å². The van der Waals surface area contributed by atoms with E-state index in [-0.39, 0.29) is 10.9 Å². The highest BCUT2D eigenvalue weighted by Gasteiger charge is 2.36. The van der Waals surface area contributed by atoms with Gasteiger partial charge >= 0.3 is 0 Å². The fourth-order valence-electron chi connectivity index (χ4n) is 3.23. The smallest absolute Gasteiger partial charge is 0.192 e. The van der Waals surface area contributed by atoms with Crippen molar-refractivity contribution >= 4 is 46.9 Å². The van der Waals surface area contributed by atoms with Crippen LogP contribution in [0.1, 0.15) is 26.5 Å². The molecule has 3 rings (SSSR count). The number of rotatable bonds is 8. The molecule has 0 aliphatic carbocycles. The maximum Gasteiger partial charge on any atom is 0.192 e. The van der Waals surface area contributed by atoms with Crippen LogP contribution in [0, 0.1) is 5.82 Å². The lowest BCUT2D eigenvalue weighted by atomic mass is 10.00. The normalized spacial score (nSPS) is 12.5. The topological polar surface area (TPSA) is 22.1 Å². The van der Waals surface area contributed by atoms with Crippen molar-refractivity contribution in [2.24, 2.45) is 0 Å². The zero-order valence-corrected chi connectivity index (χ0v) is 22.4. The predicted octanol–water partition coefficient (Wildman–Crippen LogP) is 8.09. The summed E-state index contributed by atoms with van der Waals surface area (Å²) in [5, 5.41) is 1.88. The Bertz CT molecular complexity index is 1040. The van der Waals surface area contributed by atoms with Crippen LogP contribution in [0.25, 0.3) is 22.0 Å². The van der Waals surface area contributed by atoms with E-state index in [0.29, 0.717) is 6.61 Å². The summed E-state index contributed by atoms with van der Waals surface area (Å²) in [5.74, 6) is 0.580. The molecule has 0 N–H and O–H groups in total. The molecule has 3 aromatic rings. The summed E-state index contributed by atoms with van der Waals surface area (Å²) in [6.45, 7) is 12.0. The molecule has 1 aromatic heterocycles. The molecule has 0 saturated carbocycles. The molecule has 1 heterocycles. The molecule has 0 unspecified atom stereocenters. The van der Waals surface area contributed by atoms with Gasteiger partial charge in [-0.2, -0.15) is 0 Å². The number of benzene rings is 2. The average Bonchev–Trinajstić information content (AvgIpc) is 2.71. The molecule has 31 heavy (non-hydrogen) atoms. The number of alkyl halides is 1. The van der Waals surface area contributed by atoms with Gasteiger partial charge in [0.1, 0.15) is 5.82 Å². The summed E-state index contributed by atoms with van der Waals surface area (Å²) in [6, 6.07) is 15.2. The first-order valence-electron chi connectivity index (χ1n) is 10.6. The number of hydrogen-bond donors (Lipinski definition) is 0. The van der Waals surface area contributed by atoms with Gasteiger partial charge in [0.25, 0.3) is 0 Å².